The monoisotopic (exact) mass is 297 g/mol. The van der Waals surface area contributed by atoms with Gasteiger partial charge in [-0.1, -0.05) is 6.92 Å². The van der Waals surface area contributed by atoms with Crippen LogP contribution in [0.4, 0.5) is 0 Å². The molecule has 0 saturated carbocycles. The summed E-state index contributed by atoms with van der Waals surface area (Å²) in [5, 5.41) is 0. The lowest BCUT2D eigenvalue weighted by molar-refractivity contribution is 0.0165. The van der Waals surface area contributed by atoms with Crippen molar-refractivity contribution < 1.29 is 4.74 Å². The van der Waals surface area contributed by atoms with E-state index < -0.39 is 0 Å². The molecular weight excluding hydrogens is 262 g/mol. The Morgan fingerprint density at radius 2 is 2.14 bits per heavy atom. The van der Waals surface area contributed by atoms with Gasteiger partial charge in [0, 0.05) is 25.2 Å². The van der Waals surface area contributed by atoms with Gasteiger partial charge in [-0.25, -0.2) is 0 Å². The molecule has 2 unspecified atom stereocenters. The molecule has 0 bridgehead atoms. The molecule has 4 heteroatoms. The minimum Gasteiger partial charge on any atom is -0.381 e. The van der Waals surface area contributed by atoms with Crippen molar-refractivity contribution in [2.45, 2.75) is 51.0 Å². The fraction of sp³-hybridized carbons (Fsp3) is 1.00. The van der Waals surface area contributed by atoms with Gasteiger partial charge in [-0.3, -0.25) is 4.90 Å². The summed E-state index contributed by atoms with van der Waals surface area (Å²) in [6, 6.07) is 0. The first-order chi connectivity index (χ1) is 10.2. The van der Waals surface area contributed by atoms with Gasteiger partial charge in [-0.05, 0) is 71.1 Å². The van der Waals surface area contributed by atoms with Crippen LogP contribution in [-0.2, 0) is 4.74 Å². The Labute approximate surface area is 131 Å². The summed E-state index contributed by atoms with van der Waals surface area (Å²) in [6.45, 7) is 9.78. The number of nitrogens with two attached hydrogens (primary N) is 1. The highest BCUT2D eigenvalue weighted by molar-refractivity contribution is 4.94. The molecule has 0 radical (unpaired) electrons. The first kappa shape index (κ1) is 17.2. The highest BCUT2D eigenvalue weighted by atomic mass is 16.5. The van der Waals surface area contributed by atoms with Crippen molar-refractivity contribution in [3.63, 3.8) is 0 Å². The summed E-state index contributed by atoms with van der Waals surface area (Å²) in [5.41, 5.74) is 6.45. The summed E-state index contributed by atoms with van der Waals surface area (Å²) in [5.74, 6) is 0.696. The SMILES string of the molecule is CCCN1CCCC(CN)(N(C)CC2CCCOC2)CC1. The molecule has 124 valence electrons. The van der Waals surface area contributed by atoms with Crippen LogP contribution < -0.4 is 5.73 Å². The highest BCUT2D eigenvalue weighted by Gasteiger charge is 2.36. The standard InChI is InChI=1S/C17H35N3O/c1-3-9-20-10-5-7-17(15-18,8-11-20)19(2)13-16-6-4-12-21-14-16/h16H,3-15,18H2,1-2H3. The third kappa shape index (κ3) is 4.65. The van der Waals surface area contributed by atoms with Crippen LogP contribution in [0.25, 0.3) is 0 Å². The Kier molecular flexibility index (Phi) is 6.93. The molecule has 2 saturated heterocycles. The molecule has 2 rings (SSSR count). The van der Waals surface area contributed by atoms with Gasteiger partial charge in [0.15, 0.2) is 0 Å². The summed E-state index contributed by atoms with van der Waals surface area (Å²) >= 11 is 0. The van der Waals surface area contributed by atoms with Crippen molar-refractivity contribution in [3.05, 3.63) is 0 Å². The van der Waals surface area contributed by atoms with Gasteiger partial charge in [0.25, 0.3) is 0 Å². The minimum absolute atomic E-state index is 0.208. The summed E-state index contributed by atoms with van der Waals surface area (Å²) in [7, 11) is 2.29. The van der Waals surface area contributed by atoms with E-state index in [1.54, 1.807) is 0 Å². The minimum atomic E-state index is 0.208. The van der Waals surface area contributed by atoms with Crippen molar-refractivity contribution in [1.82, 2.24) is 9.80 Å². The van der Waals surface area contributed by atoms with E-state index in [4.69, 9.17) is 10.5 Å². The number of ether oxygens (including phenoxy) is 1. The fourth-order valence-corrected chi connectivity index (χ4v) is 4.05. The number of likely N-dealkylation sites (tertiary alicyclic amines) is 1. The van der Waals surface area contributed by atoms with E-state index in [0.717, 1.165) is 26.3 Å². The second-order valence-corrected chi connectivity index (χ2v) is 7.09. The third-order valence-electron chi connectivity index (χ3n) is 5.53. The summed E-state index contributed by atoms with van der Waals surface area (Å²) in [4.78, 5) is 5.19. The molecule has 21 heavy (non-hydrogen) atoms. The van der Waals surface area contributed by atoms with Gasteiger partial charge in [0.1, 0.15) is 0 Å². The average Bonchev–Trinajstić information content (AvgIpc) is 2.72. The van der Waals surface area contributed by atoms with E-state index in [9.17, 15) is 0 Å². The second kappa shape index (κ2) is 8.47. The lowest BCUT2D eigenvalue weighted by Gasteiger charge is -2.43. The molecule has 0 amide bonds. The van der Waals surface area contributed by atoms with E-state index in [1.807, 2.05) is 0 Å². The number of rotatable bonds is 6. The Morgan fingerprint density at radius 3 is 2.81 bits per heavy atom. The molecule has 0 aromatic carbocycles. The first-order valence-corrected chi connectivity index (χ1v) is 8.91. The van der Waals surface area contributed by atoms with Crippen LogP contribution in [0.1, 0.15) is 45.4 Å². The van der Waals surface area contributed by atoms with Crippen molar-refractivity contribution >= 4 is 0 Å². The molecule has 2 atom stereocenters. The van der Waals surface area contributed by atoms with E-state index >= 15 is 0 Å². The maximum Gasteiger partial charge on any atom is 0.0506 e. The van der Waals surface area contributed by atoms with Crippen LogP contribution in [-0.4, -0.2) is 68.3 Å². The van der Waals surface area contributed by atoms with Gasteiger partial charge in [0.2, 0.25) is 0 Å². The summed E-state index contributed by atoms with van der Waals surface area (Å²) in [6.07, 6.45) is 7.53. The van der Waals surface area contributed by atoms with Gasteiger partial charge in [-0.15, -0.1) is 0 Å². The molecular formula is C17H35N3O. The third-order valence-corrected chi connectivity index (χ3v) is 5.53. The van der Waals surface area contributed by atoms with Crippen LogP contribution in [0, 0.1) is 5.92 Å². The van der Waals surface area contributed by atoms with Crippen molar-refractivity contribution in [2.75, 3.05) is 53.0 Å². The van der Waals surface area contributed by atoms with E-state index in [-0.39, 0.29) is 5.54 Å². The Bertz CT molecular complexity index is 294. The molecule has 0 aromatic rings. The highest BCUT2D eigenvalue weighted by Crippen LogP contribution is 2.29. The molecule has 0 aromatic heterocycles. The number of hydrogen-bond acceptors (Lipinski definition) is 4. The second-order valence-electron chi connectivity index (χ2n) is 7.09. The molecule has 4 nitrogen and oxygen atoms in total. The fourth-order valence-electron chi connectivity index (χ4n) is 4.05. The molecule has 2 heterocycles. The molecule has 0 aliphatic carbocycles. The van der Waals surface area contributed by atoms with Gasteiger partial charge in [-0.2, -0.15) is 0 Å². The zero-order valence-electron chi connectivity index (χ0n) is 14.1. The van der Waals surface area contributed by atoms with Crippen molar-refractivity contribution in [1.29, 1.82) is 0 Å². The normalized spacial score (nSPS) is 32.3. The van der Waals surface area contributed by atoms with Crippen LogP contribution in [0.3, 0.4) is 0 Å². The molecule has 2 aliphatic rings. The van der Waals surface area contributed by atoms with Gasteiger partial charge >= 0.3 is 0 Å². The Morgan fingerprint density at radius 1 is 1.29 bits per heavy atom. The first-order valence-electron chi connectivity index (χ1n) is 8.91. The zero-order chi connectivity index (χ0) is 15.1. The van der Waals surface area contributed by atoms with Crippen LogP contribution in [0.5, 0.6) is 0 Å². The predicted octanol–water partition coefficient (Wildman–Crippen LogP) is 1.94. The zero-order valence-corrected chi connectivity index (χ0v) is 14.1. The largest absolute Gasteiger partial charge is 0.381 e. The maximum atomic E-state index is 6.24. The number of likely N-dealkylation sites (N-methyl/N-ethyl adjacent to an activating group) is 1. The topological polar surface area (TPSA) is 41.7 Å². The van der Waals surface area contributed by atoms with Gasteiger partial charge in [0.05, 0.1) is 6.61 Å². The maximum absolute atomic E-state index is 6.24. The molecule has 2 aliphatic heterocycles. The van der Waals surface area contributed by atoms with E-state index in [1.165, 1.54) is 58.2 Å². The number of nitrogens with zero attached hydrogens (tertiary/aromatic N) is 2. The summed E-state index contributed by atoms with van der Waals surface area (Å²) < 4.78 is 5.64. The molecule has 2 N–H and O–H groups in total. The smallest absolute Gasteiger partial charge is 0.0506 e. The van der Waals surface area contributed by atoms with Crippen molar-refractivity contribution in [2.24, 2.45) is 11.7 Å². The van der Waals surface area contributed by atoms with E-state index in [0.29, 0.717) is 5.92 Å². The van der Waals surface area contributed by atoms with Crippen molar-refractivity contribution in [3.8, 4) is 0 Å². The Hall–Kier alpha value is -0.160. The van der Waals surface area contributed by atoms with E-state index in [2.05, 4.69) is 23.8 Å². The quantitative estimate of drug-likeness (QED) is 0.813. The van der Waals surface area contributed by atoms with Crippen LogP contribution in [0.15, 0.2) is 0 Å². The lowest BCUT2D eigenvalue weighted by Crippen LogP contribution is -2.54. The number of hydrogen-bond donors (Lipinski definition) is 1. The lowest BCUT2D eigenvalue weighted by atomic mass is 9.87. The molecule has 2 fully saturated rings. The Balaban J connectivity index is 1.92. The van der Waals surface area contributed by atoms with Crippen LogP contribution in [0.2, 0.25) is 0 Å². The predicted molar refractivity (Wildman–Crippen MR) is 88.5 cm³/mol. The van der Waals surface area contributed by atoms with Crippen LogP contribution >= 0.6 is 0 Å². The van der Waals surface area contributed by atoms with Gasteiger partial charge < -0.3 is 15.4 Å². The molecule has 0 spiro atoms. The average molecular weight is 297 g/mol.